The predicted octanol–water partition coefficient (Wildman–Crippen LogP) is 2.10. The van der Waals surface area contributed by atoms with Gasteiger partial charge in [0.05, 0.1) is 4.90 Å². The number of benzene rings is 1. The molecule has 0 bridgehead atoms. The summed E-state index contributed by atoms with van der Waals surface area (Å²) in [5.41, 5.74) is 0.989. The molecule has 1 aliphatic heterocycles. The van der Waals surface area contributed by atoms with Crippen LogP contribution in [-0.2, 0) is 10.0 Å². The van der Waals surface area contributed by atoms with E-state index in [4.69, 9.17) is 0 Å². The first kappa shape index (κ1) is 19.9. The Morgan fingerprint density at radius 2 is 1.59 bits per heavy atom. The van der Waals surface area contributed by atoms with E-state index < -0.39 is 10.0 Å². The summed E-state index contributed by atoms with van der Waals surface area (Å²) >= 11 is 0. The second-order valence-corrected chi connectivity index (χ2v) is 9.32. The number of hydrogen-bond acceptors (Lipinski definition) is 4. The molecule has 2 amide bonds. The number of carbonyl (C=O) groups is 1. The van der Waals surface area contributed by atoms with E-state index in [2.05, 4.69) is 9.62 Å². The molecule has 8 heteroatoms. The number of anilines is 1. The molecule has 150 valence electrons. The summed E-state index contributed by atoms with van der Waals surface area (Å²) in [4.78, 5) is 18.0. The normalized spacial score (nSPS) is 19.2. The molecular weight excluding hydrogens is 364 g/mol. The summed E-state index contributed by atoms with van der Waals surface area (Å²) in [6.07, 6.45) is 5.23. The number of hydrogen-bond donors (Lipinski definition) is 1. The number of piperazine rings is 1. The van der Waals surface area contributed by atoms with Gasteiger partial charge in [-0.3, -0.25) is 0 Å². The minimum Gasteiger partial charge on any atom is -0.368 e. The van der Waals surface area contributed by atoms with Crippen LogP contribution in [0.1, 0.15) is 32.1 Å². The Bertz CT molecular complexity index is 735. The zero-order chi connectivity index (χ0) is 19.4. The molecule has 0 aromatic heterocycles. The van der Waals surface area contributed by atoms with Gasteiger partial charge in [-0.2, -0.15) is 0 Å². The molecule has 1 saturated heterocycles. The Hall–Kier alpha value is -1.80. The summed E-state index contributed by atoms with van der Waals surface area (Å²) < 4.78 is 28.0. The first-order valence-corrected chi connectivity index (χ1v) is 11.2. The zero-order valence-corrected chi connectivity index (χ0v) is 17.0. The van der Waals surface area contributed by atoms with Crippen molar-refractivity contribution >= 4 is 21.7 Å². The number of carbonyl (C=O) groups excluding carboxylic acids is 1. The third-order valence-corrected chi connectivity index (χ3v) is 6.91. The third kappa shape index (κ3) is 4.93. The van der Waals surface area contributed by atoms with E-state index in [1.54, 1.807) is 31.1 Å². The molecule has 3 rings (SSSR count). The second kappa shape index (κ2) is 8.48. The van der Waals surface area contributed by atoms with Gasteiger partial charge in [-0.05, 0) is 37.1 Å². The van der Waals surface area contributed by atoms with Crippen LogP contribution in [0.4, 0.5) is 10.5 Å². The van der Waals surface area contributed by atoms with Crippen LogP contribution >= 0.6 is 0 Å². The highest BCUT2D eigenvalue weighted by Gasteiger charge is 2.24. The molecule has 1 N–H and O–H groups in total. The number of sulfonamides is 1. The predicted molar refractivity (Wildman–Crippen MR) is 107 cm³/mol. The van der Waals surface area contributed by atoms with Crippen LogP contribution in [0.25, 0.3) is 0 Å². The molecule has 7 nitrogen and oxygen atoms in total. The summed E-state index contributed by atoms with van der Waals surface area (Å²) in [6, 6.07) is 7.17. The Kier molecular flexibility index (Phi) is 6.26. The molecular formula is C19H30N4O3S. The van der Waals surface area contributed by atoms with Gasteiger partial charge in [0.25, 0.3) is 0 Å². The van der Waals surface area contributed by atoms with Gasteiger partial charge in [0.15, 0.2) is 0 Å². The van der Waals surface area contributed by atoms with E-state index >= 15 is 0 Å². The van der Waals surface area contributed by atoms with E-state index in [9.17, 15) is 13.2 Å². The largest absolute Gasteiger partial charge is 0.368 e. The summed E-state index contributed by atoms with van der Waals surface area (Å²) in [5.74, 6) is 0. The average Bonchev–Trinajstić information content (AvgIpc) is 2.68. The lowest BCUT2D eigenvalue weighted by molar-refractivity contribution is 0.168. The zero-order valence-electron chi connectivity index (χ0n) is 16.2. The minimum absolute atomic E-state index is 0.0323. The Balaban J connectivity index is 1.59. The van der Waals surface area contributed by atoms with Gasteiger partial charge in [-0.25, -0.2) is 17.9 Å². The minimum atomic E-state index is -3.46. The second-order valence-electron chi connectivity index (χ2n) is 7.60. The van der Waals surface area contributed by atoms with Gasteiger partial charge >= 0.3 is 6.03 Å². The van der Waals surface area contributed by atoms with Crippen LogP contribution in [-0.4, -0.2) is 70.6 Å². The van der Waals surface area contributed by atoms with Gasteiger partial charge in [-0.15, -0.1) is 0 Å². The quantitative estimate of drug-likeness (QED) is 0.849. The Morgan fingerprint density at radius 3 is 2.15 bits per heavy atom. The third-order valence-electron chi connectivity index (χ3n) is 5.37. The van der Waals surface area contributed by atoms with Crippen LogP contribution in [0.15, 0.2) is 29.2 Å². The fourth-order valence-electron chi connectivity index (χ4n) is 3.78. The summed E-state index contributed by atoms with van der Waals surface area (Å²) in [7, 11) is 0.0545. The topological polar surface area (TPSA) is 73.0 Å². The monoisotopic (exact) mass is 394 g/mol. The van der Waals surface area contributed by atoms with Crippen molar-refractivity contribution in [3.05, 3.63) is 24.3 Å². The number of nitrogens with one attached hydrogen (secondary N) is 1. The summed E-state index contributed by atoms with van der Waals surface area (Å²) in [5, 5.41) is 0. The Labute approximate surface area is 162 Å². The average molecular weight is 395 g/mol. The fourth-order valence-corrected chi connectivity index (χ4v) is 5.09. The molecule has 1 heterocycles. The van der Waals surface area contributed by atoms with E-state index in [0.717, 1.165) is 44.5 Å². The van der Waals surface area contributed by atoms with Crippen molar-refractivity contribution in [2.24, 2.45) is 0 Å². The number of amides is 2. The van der Waals surface area contributed by atoms with E-state index in [1.165, 1.54) is 6.42 Å². The van der Waals surface area contributed by atoms with Crippen LogP contribution in [0.2, 0.25) is 0 Å². The van der Waals surface area contributed by atoms with Crippen molar-refractivity contribution in [3.63, 3.8) is 0 Å². The van der Waals surface area contributed by atoms with Crippen molar-refractivity contribution in [2.45, 2.75) is 43.0 Å². The number of urea groups is 1. The fraction of sp³-hybridized carbons (Fsp3) is 0.632. The number of nitrogens with zero attached hydrogens (tertiary/aromatic N) is 3. The lowest BCUT2D eigenvalue weighted by atomic mass is 9.96. The van der Waals surface area contributed by atoms with Crippen LogP contribution < -0.4 is 9.62 Å². The smallest absolute Gasteiger partial charge is 0.319 e. The van der Waals surface area contributed by atoms with Crippen molar-refractivity contribution in [1.29, 1.82) is 0 Å². The molecule has 0 atom stereocenters. The van der Waals surface area contributed by atoms with E-state index in [0.29, 0.717) is 18.0 Å². The molecule has 1 aromatic rings. The van der Waals surface area contributed by atoms with Gasteiger partial charge in [0.2, 0.25) is 10.0 Å². The Morgan fingerprint density at radius 1 is 1.00 bits per heavy atom. The highest BCUT2D eigenvalue weighted by atomic mass is 32.2. The van der Waals surface area contributed by atoms with Crippen molar-refractivity contribution < 1.29 is 13.2 Å². The SMILES string of the molecule is CN(C)C(=O)N1CCN(c2ccc(S(=O)(=O)NC3CCCCC3)cc2)CC1. The van der Waals surface area contributed by atoms with Gasteiger partial charge in [-0.1, -0.05) is 19.3 Å². The maximum Gasteiger partial charge on any atom is 0.319 e. The maximum absolute atomic E-state index is 12.6. The molecule has 0 radical (unpaired) electrons. The molecule has 1 aliphatic carbocycles. The highest BCUT2D eigenvalue weighted by molar-refractivity contribution is 7.89. The molecule has 0 spiro atoms. The molecule has 27 heavy (non-hydrogen) atoms. The molecule has 0 unspecified atom stereocenters. The molecule has 2 aliphatic rings. The summed E-state index contributed by atoms with van der Waals surface area (Å²) in [6.45, 7) is 2.82. The van der Waals surface area contributed by atoms with Crippen molar-refractivity contribution in [3.8, 4) is 0 Å². The van der Waals surface area contributed by atoms with Gasteiger partial charge in [0.1, 0.15) is 0 Å². The van der Waals surface area contributed by atoms with Crippen molar-refractivity contribution in [1.82, 2.24) is 14.5 Å². The first-order chi connectivity index (χ1) is 12.9. The van der Waals surface area contributed by atoms with Gasteiger partial charge in [0, 0.05) is 52.0 Å². The van der Waals surface area contributed by atoms with E-state index in [-0.39, 0.29) is 12.1 Å². The molecule has 2 fully saturated rings. The number of rotatable bonds is 4. The van der Waals surface area contributed by atoms with Crippen LogP contribution in [0, 0.1) is 0 Å². The van der Waals surface area contributed by atoms with Gasteiger partial charge < -0.3 is 14.7 Å². The maximum atomic E-state index is 12.6. The lowest BCUT2D eigenvalue weighted by Crippen LogP contribution is -2.51. The van der Waals surface area contributed by atoms with E-state index in [1.807, 2.05) is 17.0 Å². The highest BCUT2D eigenvalue weighted by Crippen LogP contribution is 2.22. The molecule has 1 saturated carbocycles. The first-order valence-electron chi connectivity index (χ1n) is 9.70. The standard InChI is InChI=1S/C19H30N4O3S/c1-21(2)19(24)23-14-12-22(13-15-23)17-8-10-18(11-9-17)27(25,26)20-16-6-4-3-5-7-16/h8-11,16,20H,3-7,12-15H2,1-2H3. The van der Waals surface area contributed by atoms with Crippen molar-refractivity contribution in [2.75, 3.05) is 45.2 Å². The van der Waals surface area contributed by atoms with Crippen LogP contribution in [0.3, 0.4) is 0 Å². The van der Waals surface area contributed by atoms with Crippen LogP contribution in [0.5, 0.6) is 0 Å². The molecule has 1 aromatic carbocycles. The lowest BCUT2D eigenvalue weighted by Gasteiger charge is -2.37.